The van der Waals surface area contributed by atoms with Gasteiger partial charge in [-0.25, -0.2) is 15.0 Å². The van der Waals surface area contributed by atoms with E-state index in [2.05, 4.69) is 143 Å². The van der Waals surface area contributed by atoms with Crippen LogP contribution in [-0.4, -0.2) is 24.1 Å². The molecule has 0 spiro atoms. The van der Waals surface area contributed by atoms with Crippen molar-refractivity contribution in [3.05, 3.63) is 188 Å². The maximum atomic E-state index is 6.30. The number of hydrogen-bond donors (Lipinski definition) is 0. The first-order valence-electron chi connectivity index (χ1n) is 19.1. The lowest BCUT2D eigenvalue weighted by Crippen LogP contribution is -2.03. The molecule has 0 aliphatic carbocycles. The van der Waals surface area contributed by atoms with Crippen LogP contribution in [0, 0.1) is 0 Å². The van der Waals surface area contributed by atoms with Gasteiger partial charge in [-0.1, -0.05) is 127 Å². The van der Waals surface area contributed by atoms with E-state index in [1.54, 1.807) is 0 Å². The van der Waals surface area contributed by atoms with E-state index in [1.165, 1.54) is 32.6 Å². The van der Waals surface area contributed by atoms with Crippen LogP contribution in [0.25, 0.3) is 111 Å². The third-order valence-corrected chi connectivity index (χ3v) is 11.2. The van der Waals surface area contributed by atoms with Gasteiger partial charge in [0.1, 0.15) is 11.2 Å². The van der Waals surface area contributed by atoms with Crippen LogP contribution in [0.15, 0.2) is 192 Å². The first-order valence-corrected chi connectivity index (χ1v) is 19.1. The standard InChI is InChI=1S/C51H31N5O/c1-2-14-32(15-3-1)49-52-50(33-26-28-40-39-19-8-13-25-47(39)57-48(40)30-33)54-51(53-49)41-20-7-12-24-45(41)56-44-23-11-6-18-37(44)38-29-27-34(31-46(38)56)55-42-21-9-4-16-35(42)36-17-5-10-22-43(36)55/h1-31H. The largest absolute Gasteiger partial charge is 0.456 e. The molecule has 0 amide bonds. The van der Waals surface area contributed by atoms with Crippen LogP contribution in [0.5, 0.6) is 0 Å². The lowest BCUT2D eigenvalue weighted by molar-refractivity contribution is 0.669. The molecule has 12 aromatic rings. The van der Waals surface area contributed by atoms with Crippen LogP contribution < -0.4 is 0 Å². The average Bonchev–Trinajstić information content (AvgIpc) is 3.93. The summed E-state index contributed by atoms with van der Waals surface area (Å²) in [5, 5.41) is 6.96. The van der Waals surface area contributed by atoms with Crippen LogP contribution in [0.4, 0.5) is 0 Å². The molecule has 0 aliphatic rings. The summed E-state index contributed by atoms with van der Waals surface area (Å²) in [4.78, 5) is 15.5. The molecule has 6 nitrogen and oxygen atoms in total. The molecule has 0 saturated heterocycles. The number of nitrogens with zero attached hydrogens (tertiary/aromatic N) is 5. The van der Waals surface area contributed by atoms with E-state index >= 15 is 0 Å². The Bertz CT molecular complexity index is 3490. The molecule has 0 saturated carbocycles. The molecule has 0 atom stereocenters. The van der Waals surface area contributed by atoms with Crippen molar-refractivity contribution in [2.45, 2.75) is 0 Å². The molecule has 0 N–H and O–H groups in total. The first-order chi connectivity index (χ1) is 28.3. The topological polar surface area (TPSA) is 61.7 Å². The third kappa shape index (κ3) is 4.87. The van der Waals surface area contributed by atoms with E-state index in [1.807, 2.05) is 54.6 Å². The summed E-state index contributed by atoms with van der Waals surface area (Å²) in [5.74, 6) is 1.77. The maximum Gasteiger partial charge on any atom is 0.166 e. The normalized spacial score (nSPS) is 11.9. The lowest BCUT2D eigenvalue weighted by Gasteiger charge is -2.15. The summed E-state index contributed by atoms with van der Waals surface area (Å²) in [6.45, 7) is 0. The van der Waals surface area contributed by atoms with Crippen molar-refractivity contribution in [1.29, 1.82) is 0 Å². The Labute approximate surface area is 326 Å². The second-order valence-corrected chi connectivity index (χ2v) is 14.4. The van der Waals surface area contributed by atoms with Gasteiger partial charge in [0.15, 0.2) is 17.5 Å². The molecule has 0 bridgehead atoms. The Morgan fingerprint density at radius 2 is 0.860 bits per heavy atom. The fourth-order valence-electron chi connectivity index (χ4n) is 8.62. The molecule has 12 rings (SSSR count). The minimum Gasteiger partial charge on any atom is -0.456 e. The monoisotopic (exact) mass is 729 g/mol. The molecule has 8 aromatic carbocycles. The van der Waals surface area contributed by atoms with Gasteiger partial charge in [-0.15, -0.1) is 0 Å². The summed E-state index contributed by atoms with van der Waals surface area (Å²) in [7, 11) is 0. The quantitative estimate of drug-likeness (QED) is 0.177. The summed E-state index contributed by atoms with van der Waals surface area (Å²) >= 11 is 0. The van der Waals surface area contributed by atoms with Gasteiger partial charge in [-0.3, -0.25) is 0 Å². The van der Waals surface area contributed by atoms with Crippen LogP contribution >= 0.6 is 0 Å². The van der Waals surface area contributed by atoms with Gasteiger partial charge < -0.3 is 13.6 Å². The Morgan fingerprint density at radius 3 is 1.60 bits per heavy atom. The van der Waals surface area contributed by atoms with Gasteiger partial charge >= 0.3 is 0 Å². The summed E-state index contributed by atoms with van der Waals surface area (Å²) < 4.78 is 11.0. The predicted molar refractivity (Wildman–Crippen MR) is 232 cm³/mol. The molecule has 0 aliphatic heterocycles. The van der Waals surface area contributed by atoms with Gasteiger partial charge in [0.2, 0.25) is 0 Å². The van der Waals surface area contributed by atoms with Crippen molar-refractivity contribution < 1.29 is 4.42 Å². The van der Waals surface area contributed by atoms with Crippen molar-refractivity contribution in [3.63, 3.8) is 0 Å². The number of fused-ring (bicyclic) bond motifs is 9. The first kappa shape index (κ1) is 31.5. The van der Waals surface area contributed by atoms with Crippen LogP contribution in [0.2, 0.25) is 0 Å². The van der Waals surface area contributed by atoms with E-state index < -0.39 is 0 Å². The number of para-hydroxylation sites is 5. The molecular formula is C51H31N5O. The molecule has 6 heteroatoms. The minimum absolute atomic E-state index is 0.576. The zero-order valence-corrected chi connectivity index (χ0v) is 30.5. The van der Waals surface area contributed by atoms with E-state index in [0.29, 0.717) is 17.5 Å². The number of benzene rings is 8. The molecule has 0 unspecified atom stereocenters. The van der Waals surface area contributed by atoms with Crippen LogP contribution in [-0.2, 0) is 0 Å². The van der Waals surface area contributed by atoms with E-state index in [-0.39, 0.29) is 0 Å². The number of aromatic nitrogens is 5. The van der Waals surface area contributed by atoms with E-state index in [4.69, 9.17) is 19.4 Å². The van der Waals surface area contributed by atoms with Crippen molar-refractivity contribution in [2.24, 2.45) is 0 Å². The van der Waals surface area contributed by atoms with Gasteiger partial charge in [-0.05, 0) is 60.7 Å². The minimum atomic E-state index is 0.576. The lowest BCUT2D eigenvalue weighted by atomic mass is 10.1. The van der Waals surface area contributed by atoms with Gasteiger partial charge in [0, 0.05) is 54.7 Å². The number of rotatable bonds is 5. The zero-order valence-electron chi connectivity index (χ0n) is 30.5. The molecule has 0 fully saturated rings. The summed E-state index contributed by atoms with van der Waals surface area (Å²) in [5.41, 5.74) is 10.9. The number of furan rings is 1. The second kappa shape index (κ2) is 12.3. The average molecular weight is 730 g/mol. The Hall–Kier alpha value is -7.83. The molecule has 4 aromatic heterocycles. The smallest absolute Gasteiger partial charge is 0.166 e. The van der Waals surface area contributed by atoms with E-state index in [9.17, 15) is 0 Å². The van der Waals surface area contributed by atoms with Crippen LogP contribution in [0.3, 0.4) is 0 Å². The van der Waals surface area contributed by atoms with Gasteiger partial charge in [0.25, 0.3) is 0 Å². The van der Waals surface area contributed by atoms with Crippen LogP contribution in [0.1, 0.15) is 0 Å². The molecular weight excluding hydrogens is 699 g/mol. The predicted octanol–water partition coefficient (Wildman–Crippen LogP) is 13.0. The zero-order chi connectivity index (χ0) is 37.5. The molecule has 4 heterocycles. The highest BCUT2D eigenvalue weighted by Gasteiger charge is 2.21. The highest BCUT2D eigenvalue weighted by Crippen LogP contribution is 2.39. The van der Waals surface area contributed by atoms with Gasteiger partial charge in [0.05, 0.1) is 27.8 Å². The highest BCUT2D eigenvalue weighted by atomic mass is 16.3. The highest BCUT2D eigenvalue weighted by molar-refractivity contribution is 6.12. The molecule has 0 radical (unpaired) electrons. The third-order valence-electron chi connectivity index (χ3n) is 11.2. The van der Waals surface area contributed by atoms with E-state index in [0.717, 1.165) is 61.0 Å². The van der Waals surface area contributed by atoms with Gasteiger partial charge in [-0.2, -0.15) is 0 Å². The fraction of sp³-hybridized carbons (Fsp3) is 0. The second-order valence-electron chi connectivity index (χ2n) is 14.4. The van der Waals surface area contributed by atoms with Crippen molar-refractivity contribution >= 4 is 65.6 Å². The van der Waals surface area contributed by atoms with Crippen molar-refractivity contribution in [1.82, 2.24) is 24.1 Å². The fourth-order valence-corrected chi connectivity index (χ4v) is 8.62. The maximum absolute atomic E-state index is 6.30. The molecule has 57 heavy (non-hydrogen) atoms. The Morgan fingerprint density at radius 1 is 0.333 bits per heavy atom. The summed E-state index contributed by atoms with van der Waals surface area (Å²) in [6, 6.07) is 65.6. The van der Waals surface area contributed by atoms with Crippen molar-refractivity contribution in [3.8, 4) is 45.5 Å². The SMILES string of the molecule is c1ccc(-c2nc(-c3ccc4c(c3)oc3ccccc34)nc(-c3ccccc3-n3c4ccccc4c4ccc(-n5c6ccccc6c6ccccc65)cc43)n2)cc1. The summed E-state index contributed by atoms with van der Waals surface area (Å²) in [6.07, 6.45) is 0. The van der Waals surface area contributed by atoms with Crippen molar-refractivity contribution in [2.75, 3.05) is 0 Å². The Balaban J connectivity index is 1.10. The number of hydrogen-bond acceptors (Lipinski definition) is 4. The molecule has 266 valence electrons. The Kier molecular flexibility index (Phi) is 6.83.